The van der Waals surface area contributed by atoms with Gasteiger partial charge in [0.25, 0.3) is 0 Å². The van der Waals surface area contributed by atoms with Gasteiger partial charge in [-0.3, -0.25) is 4.90 Å². The van der Waals surface area contributed by atoms with Crippen LogP contribution < -0.4 is 5.73 Å². The minimum atomic E-state index is -0.107. The number of ether oxygens (including phenoxy) is 1. The average Bonchev–Trinajstić information content (AvgIpc) is 2.35. The van der Waals surface area contributed by atoms with Gasteiger partial charge in [-0.25, -0.2) is 0 Å². The van der Waals surface area contributed by atoms with Crippen LogP contribution in [0.3, 0.4) is 0 Å². The van der Waals surface area contributed by atoms with E-state index in [-0.39, 0.29) is 23.6 Å². The molecular weight excluding hydrogens is 232 g/mol. The molecule has 1 aliphatic rings. The number of nitrogens with zero attached hydrogens (tertiary/aromatic N) is 1. The summed E-state index contributed by atoms with van der Waals surface area (Å²) in [5, 5.41) is 18.9. The van der Waals surface area contributed by atoms with E-state index >= 15 is 0 Å². The third-order valence-corrected chi connectivity index (χ3v) is 3.32. The first-order valence-electron chi connectivity index (χ1n) is 6.19. The number of hydrogen-bond acceptors (Lipinski definition) is 5. The molecule has 100 valence electrons. The molecule has 1 aromatic rings. The first-order valence-corrected chi connectivity index (χ1v) is 6.19. The third kappa shape index (κ3) is 2.75. The molecule has 0 radical (unpaired) electrons. The summed E-state index contributed by atoms with van der Waals surface area (Å²) in [5.41, 5.74) is 6.76. The normalized spacial score (nSPS) is 22.9. The topological polar surface area (TPSA) is 79.0 Å². The van der Waals surface area contributed by atoms with Crippen LogP contribution in [0, 0.1) is 0 Å². The van der Waals surface area contributed by atoms with Crippen molar-refractivity contribution in [3.8, 4) is 11.5 Å². The Morgan fingerprint density at radius 2 is 2.22 bits per heavy atom. The molecule has 1 heterocycles. The lowest BCUT2D eigenvalue weighted by atomic mass is 10.0. The molecule has 1 fully saturated rings. The molecule has 0 amide bonds. The van der Waals surface area contributed by atoms with Gasteiger partial charge in [0.1, 0.15) is 0 Å². The SMILES string of the molecule is CC1CN(C(CN)c2ccc(O)c(O)c2)CCO1. The summed E-state index contributed by atoms with van der Waals surface area (Å²) in [6, 6.07) is 4.92. The van der Waals surface area contributed by atoms with Crippen molar-refractivity contribution in [2.45, 2.75) is 19.1 Å². The zero-order valence-electron chi connectivity index (χ0n) is 10.5. The van der Waals surface area contributed by atoms with Crippen LogP contribution in [0.1, 0.15) is 18.5 Å². The third-order valence-electron chi connectivity index (χ3n) is 3.32. The number of nitrogens with two attached hydrogens (primary N) is 1. The van der Waals surface area contributed by atoms with Crippen LogP contribution in [0.25, 0.3) is 0 Å². The second-order valence-electron chi connectivity index (χ2n) is 4.68. The van der Waals surface area contributed by atoms with Crippen molar-refractivity contribution in [2.75, 3.05) is 26.2 Å². The fourth-order valence-electron chi connectivity index (χ4n) is 2.37. The second-order valence-corrected chi connectivity index (χ2v) is 4.68. The number of phenols is 2. The highest BCUT2D eigenvalue weighted by Crippen LogP contribution is 2.30. The van der Waals surface area contributed by atoms with Crippen molar-refractivity contribution in [2.24, 2.45) is 5.73 Å². The van der Waals surface area contributed by atoms with E-state index in [0.717, 1.165) is 18.7 Å². The first-order chi connectivity index (χ1) is 8.61. The van der Waals surface area contributed by atoms with Crippen molar-refractivity contribution in [1.82, 2.24) is 4.90 Å². The monoisotopic (exact) mass is 252 g/mol. The Bertz CT molecular complexity index is 411. The molecule has 2 unspecified atom stereocenters. The van der Waals surface area contributed by atoms with Crippen LogP contribution in [0.15, 0.2) is 18.2 Å². The predicted molar refractivity (Wildman–Crippen MR) is 68.6 cm³/mol. The van der Waals surface area contributed by atoms with Gasteiger partial charge in [-0.1, -0.05) is 6.07 Å². The molecule has 0 spiro atoms. The van der Waals surface area contributed by atoms with Gasteiger partial charge in [0.2, 0.25) is 0 Å². The van der Waals surface area contributed by atoms with E-state index in [1.807, 2.05) is 6.92 Å². The maximum atomic E-state index is 9.56. The van der Waals surface area contributed by atoms with E-state index in [2.05, 4.69) is 4.90 Å². The number of aromatic hydroxyl groups is 2. The maximum Gasteiger partial charge on any atom is 0.157 e. The van der Waals surface area contributed by atoms with Crippen molar-refractivity contribution < 1.29 is 14.9 Å². The molecule has 0 bridgehead atoms. The largest absolute Gasteiger partial charge is 0.504 e. The molecule has 1 aromatic carbocycles. The van der Waals surface area contributed by atoms with Crippen LogP contribution in [0.4, 0.5) is 0 Å². The quantitative estimate of drug-likeness (QED) is 0.694. The van der Waals surface area contributed by atoms with Crippen LogP contribution in [-0.4, -0.2) is 47.5 Å². The van der Waals surface area contributed by atoms with Gasteiger partial charge in [0.15, 0.2) is 11.5 Å². The molecule has 18 heavy (non-hydrogen) atoms. The Hall–Kier alpha value is -1.30. The Kier molecular flexibility index (Phi) is 4.06. The van der Waals surface area contributed by atoms with Crippen LogP contribution in [0.5, 0.6) is 11.5 Å². The Labute approximate surface area is 107 Å². The fraction of sp³-hybridized carbons (Fsp3) is 0.538. The van der Waals surface area contributed by atoms with E-state index in [9.17, 15) is 10.2 Å². The molecule has 1 aliphatic heterocycles. The molecule has 0 saturated carbocycles. The van der Waals surface area contributed by atoms with E-state index in [0.29, 0.717) is 13.2 Å². The highest BCUT2D eigenvalue weighted by Gasteiger charge is 2.25. The van der Waals surface area contributed by atoms with Gasteiger partial charge >= 0.3 is 0 Å². The molecule has 2 rings (SSSR count). The summed E-state index contributed by atoms with van der Waals surface area (Å²) >= 11 is 0. The Morgan fingerprint density at radius 3 is 2.83 bits per heavy atom. The van der Waals surface area contributed by atoms with Gasteiger partial charge in [0, 0.05) is 25.7 Å². The van der Waals surface area contributed by atoms with Crippen LogP contribution >= 0.6 is 0 Å². The Balaban J connectivity index is 2.18. The first kappa shape index (κ1) is 13.1. The molecule has 0 aliphatic carbocycles. The predicted octanol–water partition coefficient (Wildman–Crippen LogP) is 0.818. The lowest BCUT2D eigenvalue weighted by Gasteiger charge is -2.37. The van der Waals surface area contributed by atoms with Gasteiger partial charge < -0.3 is 20.7 Å². The number of hydrogen-bond donors (Lipinski definition) is 3. The number of phenolic OH excluding ortho intramolecular Hbond substituents is 2. The summed E-state index contributed by atoms with van der Waals surface area (Å²) in [7, 11) is 0. The lowest BCUT2D eigenvalue weighted by Crippen LogP contribution is -2.45. The maximum absolute atomic E-state index is 9.56. The molecular formula is C13H20N2O3. The number of rotatable bonds is 3. The second kappa shape index (κ2) is 5.56. The zero-order valence-corrected chi connectivity index (χ0v) is 10.5. The van der Waals surface area contributed by atoms with E-state index < -0.39 is 0 Å². The summed E-state index contributed by atoms with van der Waals surface area (Å²) in [5.74, 6) is -0.211. The van der Waals surface area contributed by atoms with Crippen molar-refractivity contribution in [3.63, 3.8) is 0 Å². The molecule has 4 N–H and O–H groups in total. The average molecular weight is 252 g/mol. The molecule has 2 atom stereocenters. The molecule has 0 aromatic heterocycles. The van der Waals surface area contributed by atoms with Crippen molar-refractivity contribution >= 4 is 0 Å². The summed E-state index contributed by atoms with van der Waals surface area (Å²) in [6.45, 7) is 4.85. The minimum Gasteiger partial charge on any atom is -0.504 e. The lowest BCUT2D eigenvalue weighted by molar-refractivity contribution is -0.0333. The van der Waals surface area contributed by atoms with Crippen molar-refractivity contribution in [1.29, 1.82) is 0 Å². The van der Waals surface area contributed by atoms with E-state index in [4.69, 9.17) is 10.5 Å². The highest BCUT2D eigenvalue weighted by molar-refractivity contribution is 5.41. The molecule has 5 nitrogen and oxygen atoms in total. The van der Waals surface area contributed by atoms with Crippen LogP contribution in [0.2, 0.25) is 0 Å². The Morgan fingerprint density at radius 1 is 1.44 bits per heavy atom. The van der Waals surface area contributed by atoms with Crippen molar-refractivity contribution in [3.05, 3.63) is 23.8 Å². The fourth-order valence-corrected chi connectivity index (χ4v) is 2.37. The van der Waals surface area contributed by atoms with Gasteiger partial charge in [-0.15, -0.1) is 0 Å². The highest BCUT2D eigenvalue weighted by atomic mass is 16.5. The van der Waals surface area contributed by atoms with E-state index in [1.54, 1.807) is 12.1 Å². The molecule has 5 heteroatoms. The number of morpholine rings is 1. The molecule has 1 saturated heterocycles. The number of benzene rings is 1. The summed E-state index contributed by atoms with van der Waals surface area (Å²) in [4.78, 5) is 2.25. The smallest absolute Gasteiger partial charge is 0.157 e. The van der Waals surface area contributed by atoms with Gasteiger partial charge in [0.05, 0.1) is 12.7 Å². The summed E-state index contributed by atoms with van der Waals surface area (Å²) in [6.07, 6.45) is 0.193. The minimum absolute atomic E-state index is 0.0443. The van der Waals surface area contributed by atoms with Gasteiger partial charge in [-0.2, -0.15) is 0 Å². The van der Waals surface area contributed by atoms with Gasteiger partial charge in [-0.05, 0) is 24.6 Å². The van der Waals surface area contributed by atoms with Crippen LogP contribution in [-0.2, 0) is 4.74 Å². The standard InChI is InChI=1S/C13H20N2O3/c1-9-8-15(4-5-18-9)11(7-14)10-2-3-12(16)13(17)6-10/h2-3,6,9,11,16-17H,4-5,7-8,14H2,1H3. The zero-order chi connectivity index (χ0) is 13.1. The summed E-state index contributed by atoms with van der Waals surface area (Å²) < 4.78 is 5.51. The van der Waals surface area contributed by atoms with E-state index in [1.165, 1.54) is 6.07 Å².